The van der Waals surface area contributed by atoms with E-state index in [0.29, 0.717) is 41.1 Å². The molecule has 1 saturated carbocycles. The Morgan fingerprint density at radius 1 is 0.976 bits per heavy atom. The van der Waals surface area contributed by atoms with E-state index in [1.165, 1.54) is 23.6 Å². The molecule has 5 nitrogen and oxygen atoms in total. The van der Waals surface area contributed by atoms with Crippen LogP contribution in [0.3, 0.4) is 0 Å². The first-order valence-electron chi connectivity index (χ1n) is 14.5. The lowest BCUT2D eigenvalue weighted by Gasteiger charge is -2.29. The van der Waals surface area contributed by atoms with Gasteiger partial charge < -0.3 is 14.4 Å². The van der Waals surface area contributed by atoms with E-state index in [-0.39, 0.29) is 24.3 Å². The molecule has 42 heavy (non-hydrogen) atoms. The van der Waals surface area contributed by atoms with E-state index in [4.69, 9.17) is 32.7 Å². The van der Waals surface area contributed by atoms with Gasteiger partial charge in [-0.15, -0.1) is 0 Å². The molecular weight excluding hydrogens is 569 g/mol. The summed E-state index contributed by atoms with van der Waals surface area (Å²) in [6.07, 6.45) is 4.22. The number of rotatable bonds is 13. The second-order valence-corrected chi connectivity index (χ2v) is 11.8. The fraction of sp³-hybridized carbons (Fsp3) is 0.371. The zero-order valence-corrected chi connectivity index (χ0v) is 26.5. The van der Waals surface area contributed by atoms with Gasteiger partial charge in [0.15, 0.2) is 11.5 Å². The molecule has 222 valence electrons. The highest BCUT2D eigenvalue weighted by atomic mass is 35.5. The second-order valence-electron chi connectivity index (χ2n) is 11.0. The lowest BCUT2D eigenvalue weighted by atomic mass is 9.88. The Bertz CT molecular complexity index is 1440. The Morgan fingerprint density at radius 2 is 1.62 bits per heavy atom. The summed E-state index contributed by atoms with van der Waals surface area (Å²) >= 11 is 12.5. The lowest BCUT2D eigenvalue weighted by Crippen LogP contribution is -2.38. The lowest BCUT2D eigenvalue weighted by molar-refractivity contribution is -0.135. The summed E-state index contributed by atoms with van der Waals surface area (Å²) < 4.78 is 11.6. The van der Waals surface area contributed by atoms with Crippen LogP contribution in [0.1, 0.15) is 60.9 Å². The zero-order chi connectivity index (χ0) is 30.4. The molecule has 4 rings (SSSR count). The number of nitrogens with zero attached hydrogens (tertiary/aromatic N) is 1. The van der Waals surface area contributed by atoms with Crippen LogP contribution in [0.2, 0.25) is 10.0 Å². The molecule has 3 aromatic rings. The third-order valence-electron chi connectivity index (χ3n) is 7.70. The van der Waals surface area contributed by atoms with Crippen LogP contribution in [0, 0.1) is 26.7 Å². The maximum Gasteiger partial charge on any atom is 0.230 e. The number of hydrogen-bond donors (Lipinski definition) is 0. The van der Waals surface area contributed by atoms with Gasteiger partial charge in [0.05, 0.1) is 16.0 Å². The van der Waals surface area contributed by atoms with Crippen LogP contribution in [-0.4, -0.2) is 35.8 Å². The summed E-state index contributed by atoms with van der Waals surface area (Å²) in [5.41, 5.74) is 6.13. The van der Waals surface area contributed by atoms with E-state index in [1.54, 1.807) is 18.2 Å². The molecule has 7 heteroatoms. The van der Waals surface area contributed by atoms with Crippen molar-refractivity contribution in [1.82, 2.24) is 4.90 Å². The Balaban J connectivity index is 1.46. The molecule has 1 fully saturated rings. The third kappa shape index (κ3) is 7.96. The van der Waals surface area contributed by atoms with Gasteiger partial charge >= 0.3 is 0 Å². The molecule has 0 aromatic heterocycles. The molecule has 1 atom stereocenters. The quantitative estimate of drug-likeness (QED) is 0.144. The van der Waals surface area contributed by atoms with Crippen LogP contribution in [0.5, 0.6) is 11.5 Å². The molecule has 1 unspecified atom stereocenters. The van der Waals surface area contributed by atoms with Gasteiger partial charge in [-0.25, -0.2) is 0 Å². The number of benzene rings is 3. The van der Waals surface area contributed by atoms with Gasteiger partial charge in [-0.2, -0.15) is 0 Å². The van der Waals surface area contributed by atoms with Crippen molar-refractivity contribution in [1.29, 1.82) is 0 Å². The van der Waals surface area contributed by atoms with Crippen molar-refractivity contribution >= 4 is 40.5 Å². The fourth-order valence-corrected chi connectivity index (χ4v) is 5.85. The number of ether oxygens (including phenoxy) is 2. The number of aryl methyl sites for hydroxylation is 2. The average Bonchev–Trinajstić information content (AvgIpc) is 3.78. The molecule has 0 N–H and O–H groups in total. The Hall–Kier alpha value is -3.28. The van der Waals surface area contributed by atoms with E-state index < -0.39 is 5.92 Å². The Kier molecular flexibility index (Phi) is 10.7. The maximum atomic E-state index is 14.1. The Labute approximate surface area is 259 Å². The van der Waals surface area contributed by atoms with Crippen molar-refractivity contribution in [2.45, 2.75) is 66.5 Å². The van der Waals surface area contributed by atoms with Gasteiger partial charge in [-0.05, 0) is 111 Å². The van der Waals surface area contributed by atoms with Crippen LogP contribution < -0.4 is 9.47 Å². The van der Waals surface area contributed by atoms with Crippen molar-refractivity contribution < 1.29 is 19.1 Å². The monoisotopic (exact) mass is 607 g/mol. The Morgan fingerprint density at radius 3 is 2.21 bits per heavy atom. The number of hydrogen-bond acceptors (Lipinski definition) is 4. The summed E-state index contributed by atoms with van der Waals surface area (Å²) in [5, 5.41) is 0.923. The fourth-order valence-electron chi connectivity index (χ4n) is 5.14. The molecule has 0 bridgehead atoms. The van der Waals surface area contributed by atoms with Gasteiger partial charge in [0.25, 0.3) is 0 Å². The third-order valence-corrected chi connectivity index (χ3v) is 8.26. The van der Waals surface area contributed by atoms with Crippen molar-refractivity contribution in [2.75, 3.05) is 13.2 Å². The van der Waals surface area contributed by atoms with E-state index in [9.17, 15) is 9.59 Å². The van der Waals surface area contributed by atoms with Crippen LogP contribution >= 0.6 is 23.2 Å². The van der Waals surface area contributed by atoms with E-state index in [2.05, 4.69) is 26.0 Å². The number of ketones is 1. The van der Waals surface area contributed by atoms with Gasteiger partial charge in [0.1, 0.15) is 19.0 Å². The minimum Gasteiger partial charge on any atom is -0.490 e. The highest BCUT2D eigenvalue weighted by Crippen LogP contribution is 2.36. The zero-order valence-electron chi connectivity index (χ0n) is 25.0. The summed E-state index contributed by atoms with van der Waals surface area (Å²) in [6.45, 7) is 10.8. The molecule has 1 amide bonds. The maximum absolute atomic E-state index is 14.1. The van der Waals surface area contributed by atoms with Crippen molar-refractivity contribution in [3.63, 3.8) is 0 Å². The normalized spacial score (nSPS) is 13.9. The molecule has 1 aliphatic rings. The van der Waals surface area contributed by atoms with Crippen LogP contribution in [0.25, 0.3) is 5.57 Å². The standard InChI is InChI=1S/C35H39Cl2NO4/c1-6-30(35(40)38(28-12-13-28)21-27-9-7-8-23(3)25(27)5)31(20-24(4)39)26-10-14-29(15-11-26)41-16-17-42-34-32(36)18-22(2)19-33(34)37/h7-11,14-15,18-20,28,30H,6,12-13,16-17,21H2,1-5H3/b31-20-. The first-order valence-corrected chi connectivity index (χ1v) is 15.2. The second kappa shape index (κ2) is 14.3. The molecule has 0 saturated heterocycles. The van der Waals surface area contributed by atoms with Crippen molar-refractivity contribution in [3.8, 4) is 11.5 Å². The molecule has 0 radical (unpaired) electrons. The summed E-state index contributed by atoms with van der Waals surface area (Å²) in [5.74, 6) is 0.646. The number of carbonyl (C=O) groups excluding carboxylic acids is 2. The average molecular weight is 609 g/mol. The van der Waals surface area contributed by atoms with E-state index >= 15 is 0 Å². The molecule has 0 spiro atoms. The topological polar surface area (TPSA) is 55.8 Å². The number of allylic oxidation sites excluding steroid dienone is 1. The van der Waals surface area contributed by atoms with Gasteiger partial charge in [-0.1, -0.05) is 60.5 Å². The first kappa shape index (κ1) is 31.7. The molecule has 0 aliphatic heterocycles. The number of amides is 1. The highest BCUT2D eigenvalue weighted by Gasteiger charge is 2.37. The van der Waals surface area contributed by atoms with Crippen LogP contribution in [-0.2, 0) is 16.1 Å². The van der Waals surface area contributed by atoms with Gasteiger partial charge in [0, 0.05) is 12.6 Å². The summed E-state index contributed by atoms with van der Waals surface area (Å²) in [6, 6.07) is 17.6. The molecule has 0 heterocycles. The summed E-state index contributed by atoms with van der Waals surface area (Å²) in [7, 11) is 0. The first-order chi connectivity index (χ1) is 20.1. The van der Waals surface area contributed by atoms with Gasteiger partial charge in [0.2, 0.25) is 5.91 Å². The number of halogens is 2. The van der Waals surface area contributed by atoms with E-state index in [1.807, 2.05) is 49.1 Å². The minimum absolute atomic E-state index is 0.0688. The van der Waals surface area contributed by atoms with Crippen molar-refractivity contribution in [3.05, 3.63) is 98.5 Å². The SMILES string of the molecule is CCC(C(=O)N(Cc1cccc(C)c1C)C1CC1)/C(=C\C(C)=O)c1ccc(OCCOc2c(Cl)cc(C)cc2Cl)cc1. The minimum atomic E-state index is -0.427. The molecule has 1 aliphatic carbocycles. The largest absolute Gasteiger partial charge is 0.490 e. The number of carbonyl (C=O) groups is 2. The van der Waals surface area contributed by atoms with Crippen LogP contribution in [0.4, 0.5) is 0 Å². The molecular formula is C35H39Cl2NO4. The van der Waals surface area contributed by atoms with Crippen molar-refractivity contribution in [2.24, 2.45) is 5.92 Å². The molecule has 3 aromatic carbocycles. The van der Waals surface area contributed by atoms with Gasteiger partial charge in [-0.3, -0.25) is 9.59 Å². The van der Waals surface area contributed by atoms with E-state index in [0.717, 1.165) is 29.5 Å². The predicted octanol–water partition coefficient (Wildman–Crippen LogP) is 8.57. The predicted molar refractivity (Wildman–Crippen MR) is 171 cm³/mol. The highest BCUT2D eigenvalue weighted by molar-refractivity contribution is 6.37. The van der Waals surface area contributed by atoms with Crippen LogP contribution in [0.15, 0.2) is 60.7 Å². The summed E-state index contributed by atoms with van der Waals surface area (Å²) in [4.78, 5) is 28.4. The smallest absolute Gasteiger partial charge is 0.230 e.